The van der Waals surface area contributed by atoms with Crippen LogP contribution < -0.4 is 5.32 Å². The number of fused-ring (bicyclic) bond motifs is 1. The summed E-state index contributed by atoms with van der Waals surface area (Å²) >= 11 is 0. The Morgan fingerprint density at radius 2 is 2.04 bits per heavy atom. The maximum absolute atomic E-state index is 10.1. The third-order valence-corrected chi connectivity index (χ3v) is 4.34. The van der Waals surface area contributed by atoms with E-state index in [-0.39, 0.29) is 12.4 Å². The van der Waals surface area contributed by atoms with E-state index in [2.05, 4.69) is 51.4 Å². The zero-order valence-corrected chi connectivity index (χ0v) is 13.9. The summed E-state index contributed by atoms with van der Waals surface area (Å²) < 4.78 is 2.25. The summed E-state index contributed by atoms with van der Waals surface area (Å²) in [5, 5.41) is 24.1. The van der Waals surface area contributed by atoms with E-state index < -0.39 is 0 Å². The third kappa shape index (κ3) is 3.42. The minimum atomic E-state index is -0.118. The summed E-state index contributed by atoms with van der Waals surface area (Å²) in [6.45, 7) is 3.94. The molecule has 0 aliphatic carbocycles. The predicted octanol–water partition coefficient (Wildman–Crippen LogP) is 2.72. The maximum Gasteiger partial charge on any atom is 0.141 e. The first-order valence-corrected chi connectivity index (χ1v) is 8.22. The van der Waals surface area contributed by atoms with Crippen LogP contribution >= 0.6 is 0 Å². The van der Waals surface area contributed by atoms with Crippen molar-refractivity contribution in [3.8, 4) is 5.75 Å². The molecule has 0 bridgehead atoms. The second kappa shape index (κ2) is 7.47. The summed E-state index contributed by atoms with van der Waals surface area (Å²) in [4.78, 5) is 4.08. The fourth-order valence-electron chi connectivity index (χ4n) is 2.94. The molecular formula is C19H23N3O2. The van der Waals surface area contributed by atoms with Gasteiger partial charge in [-0.25, -0.2) is 0 Å². The molecule has 24 heavy (non-hydrogen) atoms. The van der Waals surface area contributed by atoms with Crippen LogP contribution in [0.5, 0.6) is 5.75 Å². The van der Waals surface area contributed by atoms with Crippen molar-refractivity contribution in [2.24, 2.45) is 0 Å². The van der Waals surface area contributed by atoms with E-state index in [1.807, 2.05) is 0 Å². The van der Waals surface area contributed by atoms with Crippen molar-refractivity contribution in [1.82, 2.24) is 14.9 Å². The normalized spacial score (nSPS) is 11.2. The number of aliphatic hydroxyl groups excluding tert-OH is 1. The molecule has 126 valence electrons. The van der Waals surface area contributed by atoms with Crippen molar-refractivity contribution in [3.05, 3.63) is 59.5 Å². The molecule has 3 aromatic rings. The quantitative estimate of drug-likeness (QED) is 0.584. The van der Waals surface area contributed by atoms with Gasteiger partial charge in [0.25, 0.3) is 0 Å². The van der Waals surface area contributed by atoms with Gasteiger partial charge in [-0.15, -0.1) is 0 Å². The highest BCUT2D eigenvalue weighted by Crippen LogP contribution is 2.23. The van der Waals surface area contributed by atoms with Crippen LogP contribution in [-0.4, -0.2) is 26.3 Å². The summed E-state index contributed by atoms with van der Waals surface area (Å²) in [7, 11) is 0. The van der Waals surface area contributed by atoms with Crippen LogP contribution in [-0.2, 0) is 19.7 Å². The lowest BCUT2D eigenvalue weighted by Crippen LogP contribution is -2.18. The van der Waals surface area contributed by atoms with Gasteiger partial charge in [0.05, 0.1) is 12.3 Å². The molecule has 0 aliphatic rings. The number of rotatable bonds is 7. The summed E-state index contributed by atoms with van der Waals surface area (Å²) in [6.07, 6.45) is 4.72. The molecule has 1 aromatic carbocycles. The molecule has 0 saturated carbocycles. The lowest BCUT2D eigenvalue weighted by Gasteiger charge is -2.12. The summed E-state index contributed by atoms with van der Waals surface area (Å²) in [5.74, 6) is 0.172. The monoisotopic (exact) mass is 325 g/mol. The number of aliphatic hydroxyl groups is 1. The molecule has 0 aliphatic heterocycles. The van der Waals surface area contributed by atoms with Crippen molar-refractivity contribution in [2.45, 2.75) is 33.0 Å². The molecular weight excluding hydrogens is 302 g/mol. The van der Waals surface area contributed by atoms with E-state index in [1.54, 1.807) is 13.1 Å². The second-order valence-corrected chi connectivity index (χ2v) is 5.95. The Kier molecular flexibility index (Phi) is 5.13. The zero-order valence-electron chi connectivity index (χ0n) is 13.9. The highest BCUT2D eigenvalue weighted by atomic mass is 16.3. The fraction of sp³-hybridized carbons (Fsp3) is 0.316. The van der Waals surface area contributed by atoms with Crippen molar-refractivity contribution in [1.29, 1.82) is 0 Å². The molecule has 0 unspecified atom stereocenters. The highest BCUT2D eigenvalue weighted by molar-refractivity contribution is 5.79. The van der Waals surface area contributed by atoms with Crippen LogP contribution in [0.3, 0.4) is 0 Å². The molecule has 3 rings (SSSR count). The largest absolute Gasteiger partial charge is 0.506 e. The van der Waals surface area contributed by atoms with E-state index >= 15 is 0 Å². The smallest absolute Gasteiger partial charge is 0.141 e. The Morgan fingerprint density at radius 1 is 1.21 bits per heavy atom. The lowest BCUT2D eigenvalue weighted by molar-refractivity contribution is 0.278. The molecule has 0 saturated heterocycles. The van der Waals surface area contributed by atoms with Gasteiger partial charge in [-0.2, -0.15) is 0 Å². The average molecular weight is 325 g/mol. The number of nitrogens with zero attached hydrogens (tertiary/aromatic N) is 2. The topological polar surface area (TPSA) is 70.3 Å². The van der Waals surface area contributed by atoms with Gasteiger partial charge in [-0.05, 0) is 37.4 Å². The molecule has 2 aromatic heterocycles. The summed E-state index contributed by atoms with van der Waals surface area (Å²) in [5.41, 5.74) is 3.24. The van der Waals surface area contributed by atoms with Gasteiger partial charge < -0.3 is 20.1 Å². The van der Waals surface area contributed by atoms with Crippen LogP contribution in [0.2, 0.25) is 0 Å². The Bertz CT molecular complexity index is 827. The first-order valence-electron chi connectivity index (χ1n) is 8.22. The molecule has 0 spiro atoms. The molecule has 2 heterocycles. The number of aryl methyl sites for hydroxylation is 2. The molecule has 0 fully saturated rings. The Morgan fingerprint density at radius 3 is 2.88 bits per heavy atom. The van der Waals surface area contributed by atoms with Crippen molar-refractivity contribution >= 4 is 10.9 Å². The number of para-hydroxylation sites is 1. The second-order valence-electron chi connectivity index (χ2n) is 5.95. The van der Waals surface area contributed by atoms with Gasteiger partial charge in [0.15, 0.2) is 0 Å². The molecule has 5 heteroatoms. The van der Waals surface area contributed by atoms with Gasteiger partial charge in [-0.1, -0.05) is 18.2 Å². The molecule has 0 atom stereocenters. The maximum atomic E-state index is 10.1. The van der Waals surface area contributed by atoms with Crippen LogP contribution in [0, 0.1) is 6.92 Å². The van der Waals surface area contributed by atoms with Gasteiger partial charge in [0, 0.05) is 42.1 Å². The van der Waals surface area contributed by atoms with Crippen molar-refractivity contribution in [2.75, 3.05) is 6.54 Å². The Hall–Kier alpha value is -2.37. The zero-order chi connectivity index (χ0) is 16.9. The van der Waals surface area contributed by atoms with Crippen LogP contribution in [0.1, 0.15) is 23.2 Å². The molecule has 0 radical (unpaired) electrons. The fourth-order valence-corrected chi connectivity index (χ4v) is 2.94. The molecule has 3 N–H and O–H groups in total. The third-order valence-electron chi connectivity index (χ3n) is 4.34. The predicted molar refractivity (Wildman–Crippen MR) is 94.8 cm³/mol. The highest BCUT2D eigenvalue weighted by Gasteiger charge is 2.10. The Balaban J connectivity index is 1.54. The number of hydrogen-bond acceptors (Lipinski definition) is 4. The van der Waals surface area contributed by atoms with E-state index in [9.17, 15) is 10.2 Å². The van der Waals surface area contributed by atoms with E-state index in [4.69, 9.17) is 0 Å². The van der Waals surface area contributed by atoms with E-state index in [0.29, 0.717) is 17.8 Å². The van der Waals surface area contributed by atoms with Gasteiger partial charge >= 0.3 is 0 Å². The standard InChI is InChI=1S/C19H23N3O2/c1-14-19(24)17(16(13-23)11-21-14)12-20-8-4-9-22-10-7-15-5-2-3-6-18(15)22/h2-3,5-7,10-11,20,23-24H,4,8-9,12-13H2,1H3. The van der Waals surface area contributed by atoms with Gasteiger partial charge in [0.2, 0.25) is 0 Å². The Labute approximate surface area is 141 Å². The summed E-state index contributed by atoms with van der Waals surface area (Å²) in [6, 6.07) is 10.5. The van der Waals surface area contributed by atoms with Crippen LogP contribution in [0.15, 0.2) is 42.7 Å². The number of aromatic nitrogens is 2. The first kappa shape index (κ1) is 16.5. The van der Waals surface area contributed by atoms with E-state index in [1.165, 1.54) is 10.9 Å². The molecule has 5 nitrogen and oxygen atoms in total. The average Bonchev–Trinajstić information content (AvgIpc) is 3.01. The van der Waals surface area contributed by atoms with Gasteiger partial charge in [-0.3, -0.25) is 4.98 Å². The van der Waals surface area contributed by atoms with Crippen LogP contribution in [0.25, 0.3) is 10.9 Å². The minimum Gasteiger partial charge on any atom is -0.506 e. The number of benzene rings is 1. The lowest BCUT2D eigenvalue weighted by atomic mass is 10.1. The van der Waals surface area contributed by atoms with Crippen molar-refractivity contribution < 1.29 is 10.2 Å². The number of pyridine rings is 1. The number of hydrogen-bond donors (Lipinski definition) is 3. The van der Waals surface area contributed by atoms with Gasteiger partial charge in [0.1, 0.15) is 5.75 Å². The minimum absolute atomic E-state index is 0.118. The number of nitrogens with one attached hydrogen (secondary N) is 1. The van der Waals surface area contributed by atoms with E-state index in [0.717, 1.165) is 25.1 Å². The number of aromatic hydroxyl groups is 1. The van der Waals surface area contributed by atoms with Crippen LogP contribution in [0.4, 0.5) is 0 Å². The first-order chi connectivity index (χ1) is 11.7. The SMILES string of the molecule is Cc1ncc(CO)c(CNCCCn2ccc3ccccc32)c1O. The molecule has 0 amide bonds. The van der Waals surface area contributed by atoms with Crippen molar-refractivity contribution in [3.63, 3.8) is 0 Å².